The molecule has 1 heterocycles. The van der Waals surface area contributed by atoms with E-state index in [0.29, 0.717) is 5.76 Å². The highest BCUT2D eigenvalue weighted by Gasteiger charge is 2.18. The number of aliphatic hydroxyl groups is 1. The maximum atomic E-state index is 9.41. The number of hydrogen-bond acceptors (Lipinski definition) is 5. The van der Waals surface area contributed by atoms with Crippen LogP contribution in [-0.4, -0.2) is 18.7 Å². The van der Waals surface area contributed by atoms with Gasteiger partial charge in [0.1, 0.15) is 12.3 Å². The van der Waals surface area contributed by atoms with Crippen LogP contribution in [0, 0.1) is 0 Å². The third-order valence-electron chi connectivity index (χ3n) is 3.02. The molecule has 8 heteroatoms. The first-order valence-electron chi connectivity index (χ1n) is 6.91. The lowest BCUT2D eigenvalue weighted by molar-refractivity contribution is 0.230. The van der Waals surface area contributed by atoms with Crippen LogP contribution in [0.15, 0.2) is 65.2 Å². The smallest absolute Gasteiger partial charge is 0.271 e. The van der Waals surface area contributed by atoms with E-state index in [1.807, 2.05) is 60.7 Å². The molecular weight excluding hydrogens is 330 g/mol. The number of rotatable bonds is 3. The zero-order valence-electron chi connectivity index (χ0n) is 12.7. The Morgan fingerprint density at radius 1 is 0.917 bits per heavy atom. The molecule has 0 aliphatic rings. The van der Waals surface area contributed by atoms with Gasteiger partial charge in [-0.05, 0) is 5.56 Å². The average molecular weight is 347 g/mol. The lowest BCUT2D eigenvalue weighted by atomic mass is 9.99. The molecule has 24 heavy (non-hydrogen) atoms. The summed E-state index contributed by atoms with van der Waals surface area (Å²) in [7, 11) is -3.67. The van der Waals surface area contributed by atoms with Gasteiger partial charge in [0, 0.05) is 5.56 Å². The van der Waals surface area contributed by atoms with E-state index in [9.17, 15) is 13.5 Å². The van der Waals surface area contributed by atoms with Crippen LogP contribution < -0.4 is 10.3 Å². The molecule has 3 rings (SSSR count). The van der Waals surface area contributed by atoms with Crippen LogP contribution in [0.4, 0.5) is 0 Å². The van der Waals surface area contributed by atoms with E-state index in [0.717, 1.165) is 22.4 Å². The summed E-state index contributed by atoms with van der Waals surface area (Å²) in [5.74, 6) is 0.491. The van der Waals surface area contributed by atoms with Crippen LogP contribution in [0.25, 0.3) is 22.4 Å². The highest BCUT2D eigenvalue weighted by Crippen LogP contribution is 2.34. The fourth-order valence-corrected chi connectivity index (χ4v) is 2.13. The molecule has 0 radical (unpaired) electrons. The molecule has 0 saturated heterocycles. The highest BCUT2D eigenvalue weighted by molar-refractivity contribution is 7.86. The molecule has 0 fully saturated rings. The Hall–Kier alpha value is -2.52. The van der Waals surface area contributed by atoms with Gasteiger partial charge in [-0.3, -0.25) is 0 Å². The molecule has 0 unspecified atom stereocenters. The Bertz CT molecular complexity index is 870. The zero-order valence-corrected chi connectivity index (χ0v) is 13.5. The first-order valence-corrected chi connectivity index (χ1v) is 8.52. The van der Waals surface area contributed by atoms with Crippen LogP contribution >= 0.6 is 0 Å². The van der Waals surface area contributed by atoms with Gasteiger partial charge in [-0.15, -0.1) is 0 Å². The van der Waals surface area contributed by atoms with Crippen molar-refractivity contribution in [1.82, 2.24) is 5.16 Å². The number of nitrogens with zero attached hydrogens (tertiary/aromatic N) is 1. The van der Waals surface area contributed by atoms with E-state index in [-0.39, 0.29) is 6.61 Å². The number of aromatic nitrogens is 1. The molecule has 0 amide bonds. The van der Waals surface area contributed by atoms with Crippen LogP contribution in [-0.2, 0) is 16.8 Å². The van der Waals surface area contributed by atoms with E-state index < -0.39 is 10.2 Å². The first kappa shape index (κ1) is 17.8. The Morgan fingerprint density at radius 3 is 1.83 bits per heavy atom. The van der Waals surface area contributed by atoms with Gasteiger partial charge in [0.2, 0.25) is 0 Å². The molecule has 0 aliphatic carbocycles. The topological polar surface area (TPSA) is 132 Å². The van der Waals surface area contributed by atoms with Crippen molar-refractivity contribution in [1.29, 1.82) is 0 Å². The largest absolute Gasteiger partial charge is 0.388 e. The standard InChI is InChI=1S/C16H13NO2.H4N2O2S/c18-11-14-15(12-7-3-1-4-8-12)16(17-19-14)13-9-5-2-6-10-13;1-5(2,3)4/h1-10,18H,11H2;(H4,1,2,3,4). The quantitative estimate of drug-likeness (QED) is 0.662. The Labute approximate surface area is 139 Å². The van der Waals surface area contributed by atoms with Crippen molar-refractivity contribution in [2.24, 2.45) is 10.3 Å². The fraction of sp³-hybridized carbons (Fsp3) is 0.0625. The summed E-state index contributed by atoms with van der Waals surface area (Å²) >= 11 is 0. The monoisotopic (exact) mass is 347 g/mol. The Morgan fingerprint density at radius 2 is 1.38 bits per heavy atom. The zero-order chi connectivity index (χ0) is 17.6. The summed E-state index contributed by atoms with van der Waals surface area (Å²) in [6, 6.07) is 19.7. The molecular formula is C16H17N3O4S. The second kappa shape index (κ2) is 7.84. The van der Waals surface area contributed by atoms with E-state index >= 15 is 0 Å². The number of benzene rings is 2. The van der Waals surface area contributed by atoms with Gasteiger partial charge in [0.15, 0.2) is 5.76 Å². The summed E-state index contributed by atoms with van der Waals surface area (Å²) in [5.41, 5.74) is 3.58. The summed E-state index contributed by atoms with van der Waals surface area (Å²) in [6.07, 6.45) is 0. The van der Waals surface area contributed by atoms with Crippen molar-refractivity contribution < 1.29 is 18.0 Å². The Kier molecular flexibility index (Phi) is 5.83. The van der Waals surface area contributed by atoms with Crippen LogP contribution in [0.5, 0.6) is 0 Å². The summed E-state index contributed by atoms with van der Waals surface area (Å²) in [5, 5.41) is 21.7. The fourth-order valence-electron chi connectivity index (χ4n) is 2.13. The third kappa shape index (κ3) is 5.00. The second-order valence-electron chi connectivity index (χ2n) is 4.81. The predicted molar refractivity (Wildman–Crippen MR) is 90.6 cm³/mol. The van der Waals surface area contributed by atoms with E-state index in [2.05, 4.69) is 15.4 Å². The lowest BCUT2D eigenvalue weighted by Crippen LogP contribution is -2.21. The van der Waals surface area contributed by atoms with Crippen molar-refractivity contribution in [2.75, 3.05) is 0 Å². The van der Waals surface area contributed by atoms with Gasteiger partial charge < -0.3 is 9.63 Å². The van der Waals surface area contributed by atoms with Crippen LogP contribution in [0.3, 0.4) is 0 Å². The lowest BCUT2D eigenvalue weighted by Gasteiger charge is -2.03. The summed E-state index contributed by atoms with van der Waals surface area (Å²) in [6.45, 7) is -0.163. The van der Waals surface area contributed by atoms with E-state index in [1.165, 1.54) is 0 Å². The summed E-state index contributed by atoms with van der Waals surface area (Å²) < 4.78 is 23.6. The van der Waals surface area contributed by atoms with Gasteiger partial charge in [0.05, 0.1) is 5.56 Å². The molecule has 3 aromatic rings. The second-order valence-corrected chi connectivity index (χ2v) is 5.99. The van der Waals surface area contributed by atoms with Crippen molar-refractivity contribution in [3.63, 3.8) is 0 Å². The molecule has 0 atom stereocenters. The Balaban J connectivity index is 0.000000368. The number of aliphatic hydroxyl groups excluding tert-OH is 1. The first-order chi connectivity index (χ1) is 11.4. The van der Waals surface area contributed by atoms with Gasteiger partial charge in [-0.1, -0.05) is 65.8 Å². The minimum absolute atomic E-state index is 0.163. The SMILES string of the molecule is NS(N)(=O)=O.OCc1onc(-c2ccccc2)c1-c1ccccc1. The normalized spacial score (nSPS) is 10.8. The van der Waals surface area contributed by atoms with Crippen LogP contribution in [0.1, 0.15) is 5.76 Å². The van der Waals surface area contributed by atoms with E-state index in [1.54, 1.807) is 0 Å². The van der Waals surface area contributed by atoms with E-state index in [4.69, 9.17) is 4.52 Å². The molecule has 5 N–H and O–H groups in total. The predicted octanol–water partition coefficient (Wildman–Crippen LogP) is 1.65. The molecule has 0 bridgehead atoms. The molecule has 0 aliphatic heterocycles. The van der Waals surface area contributed by atoms with Gasteiger partial charge in [-0.25, -0.2) is 10.3 Å². The van der Waals surface area contributed by atoms with Crippen molar-refractivity contribution in [3.8, 4) is 22.4 Å². The van der Waals surface area contributed by atoms with Gasteiger partial charge in [-0.2, -0.15) is 8.42 Å². The molecule has 1 aromatic heterocycles. The molecule has 0 saturated carbocycles. The van der Waals surface area contributed by atoms with Crippen LogP contribution in [0.2, 0.25) is 0 Å². The highest BCUT2D eigenvalue weighted by atomic mass is 32.2. The molecule has 2 aromatic carbocycles. The maximum Gasteiger partial charge on any atom is 0.271 e. The van der Waals surface area contributed by atoms with Crippen molar-refractivity contribution >= 4 is 10.2 Å². The maximum absolute atomic E-state index is 9.41. The van der Waals surface area contributed by atoms with Gasteiger partial charge >= 0.3 is 0 Å². The third-order valence-corrected chi connectivity index (χ3v) is 3.02. The number of hydrogen-bond donors (Lipinski definition) is 3. The molecule has 7 nitrogen and oxygen atoms in total. The van der Waals surface area contributed by atoms with Crippen molar-refractivity contribution in [2.45, 2.75) is 6.61 Å². The number of nitrogens with two attached hydrogens (primary N) is 2. The van der Waals surface area contributed by atoms with Crippen molar-refractivity contribution in [3.05, 3.63) is 66.4 Å². The minimum atomic E-state index is -3.67. The van der Waals surface area contributed by atoms with Gasteiger partial charge in [0.25, 0.3) is 10.2 Å². The molecule has 0 spiro atoms. The minimum Gasteiger partial charge on any atom is -0.388 e. The average Bonchev–Trinajstić information content (AvgIpc) is 2.99. The molecule has 126 valence electrons. The summed E-state index contributed by atoms with van der Waals surface area (Å²) in [4.78, 5) is 0.